The van der Waals surface area contributed by atoms with Gasteiger partial charge < -0.3 is 4.74 Å². The largest absolute Gasteiger partial charge is 0.444 e. The van der Waals surface area contributed by atoms with Crippen LogP contribution in [0.25, 0.3) is 0 Å². The predicted octanol–water partition coefficient (Wildman–Crippen LogP) is 3.67. The molecular weight excluding hydrogens is 347 g/mol. The number of hydrogen-bond acceptors (Lipinski definition) is 5. The van der Waals surface area contributed by atoms with Crippen LogP contribution in [0.1, 0.15) is 50.1 Å². The van der Waals surface area contributed by atoms with Gasteiger partial charge in [-0.15, -0.1) is 0 Å². The van der Waals surface area contributed by atoms with Crippen molar-refractivity contribution in [3.63, 3.8) is 0 Å². The Morgan fingerprint density at radius 1 is 1.33 bits per heavy atom. The number of rotatable bonds is 1. The molecule has 1 aliphatic rings. The van der Waals surface area contributed by atoms with Gasteiger partial charge in [-0.05, 0) is 40.7 Å². The molecule has 1 atom stereocenters. The molecule has 0 bridgehead atoms. The van der Waals surface area contributed by atoms with Crippen LogP contribution in [-0.4, -0.2) is 27.5 Å². The van der Waals surface area contributed by atoms with Crippen molar-refractivity contribution in [1.29, 1.82) is 0 Å². The second-order valence-electron chi connectivity index (χ2n) is 7.90. The predicted molar refractivity (Wildman–Crippen MR) is 100 cm³/mol. The number of hydrogen-bond donors (Lipinski definition) is 1. The Morgan fingerprint density at radius 3 is 2.78 bits per heavy atom. The Bertz CT molecular complexity index is 920. The molecule has 1 amide bonds. The maximum atomic E-state index is 14.6. The topological polar surface area (TPSA) is 76.5 Å². The normalized spacial score (nSPS) is 19.1. The number of nitrogens with zero attached hydrogens (tertiary/aromatic N) is 3. The van der Waals surface area contributed by atoms with E-state index in [1.807, 2.05) is 13.8 Å². The fourth-order valence-electron chi connectivity index (χ4n) is 3.07. The highest BCUT2D eigenvalue weighted by molar-refractivity contribution is 6.07. The van der Waals surface area contributed by atoms with E-state index >= 15 is 0 Å². The monoisotopic (exact) mass is 370 g/mol. The van der Waals surface area contributed by atoms with Crippen molar-refractivity contribution in [3.8, 4) is 0 Å². The number of carbonyl (C=O) groups excluding carboxylic acids is 1. The van der Waals surface area contributed by atoms with Gasteiger partial charge in [0.15, 0.2) is 0 Å². The van der Waals surface area contributed by atoms with Gasteiger partial charge in [0.25, 0.3) is 0 Å². The van der Waals surface area contributed by atoms with Gasteiger partial charge in [-0.3, -0.25) is 10.3 Å². The van der Waals surface area contributed by atoms with Crippen molar-refractivity contribution < 1.29 is 13.9 Å². The number of amides is 1. The summed E-state index contributed by atoms with van der Waals surface area (Å²) < 4.78 is 19.9. The highest BCUT2D eigenvalue weighted by Crippen LogP contribution is 2.36. The number of nitrogens with one attached hydrogen (secondary N) is 1. The van der Waals surface area contributed by atoms with Crippen LogP contribution >= 0.6 is 0 Å². The summed E-state index contributed by atoms with van der Waals surface area (Å²) >= 11 is 0. The van der Waals surface area contributed by atoms with Crippen molar-refractivity contribution in [2.24, 2.45) is 4.99 Å². The SMILES string of the molecule is Cc1ccc(F)c([C@]2(C)Cc3ncncc3C(NC(=O)OC(C)(C)C)=N2)c1. The van der Waals surface area contributed by atoms with E-state index in [1.54, 1.807) is 39.1 Å². The summed E-state index contributed by atoms with van der Waals surface area (Å²) in [5, 5.41) is 2.68. The molecule has 1 aromatic carbocycles. The van der Waals surface area contributed by atoms with Crippen LogP contribution < -0.4 is 5.32 Å². The summed E-state index contributed by atoms with van der Waals surface area (Å²) in [4.78, 5) is 25.3. The molecule has 0 aliphatic carbocycles. The maximum absolute atomic E-state index is 14.6. The smallest absolute Gasteiger partial charge is 0.413 e. The third kappa shape index (κ3) is 4.13. The number of carbonyl (C=O) groups is 1. The molecule has 0 radical (unpaired) electrons. The van der Waals surface area contributed by atoms with Crippen LogP contribution in [0, 0.1) is 12.7 Å². The lowest BCUT2D eigenvalue weighted by molar-refractivity contribution is 0.0562. The molecule has 0 saturated heterocycles. The van der Waals surface area contributed by atoms with Crippen LogP contribution in [0.4, 0.5) is 9.18 Å². The number of aromatic nitrogens is 2. The van der Waals surface area contributed by atoms with E-state index in [0.29, 0.717) is 23.2 Å². The van der Waals surface area contributed by atoms with Crippen molar-refractivity contribution in [2.45, 2.75) is 52.2 Å². The van der Waals surface area contributed by atoms with Crippen molar-refractivity contribution in [2.75, 3.05) is 0 Å². The van der Waals surface area contributed by atoms with Crippen LogP contribution in [0.2, 0.25) is 0 Å². The molecule has 1 aromatic heterocycles. The lowest BCUT2D eigenvalue weighted by Crippen LogP contribution is -2.42. The van der Waals surface area contributed by atoms with E-state index in [9.17, 15) is 9.18 Å². The molecule has 2 aromatic rings. The quantitative estimate of drug-likeness (QED) is 0.831. The summed E-state index contributed by atoms with van der Waals surface area (Å²) in [5.41, 5.74) is 1.11. The lowest BCUT2D eigenvalue weighted by Gasteiger charge is -2.32. The summed E-state index contributed by atoms with van der Waals surface area (Å²) in [7, 11) is 0. The first-order valence-corrected chi connectivity index (χ1v) is 8.73. The molecule has 6 nitrogen and oxygen atoms in total. The molecule has 142 valence electrons. The first kappa shape index (κ1) is 18.9. The van der Waals surface area contributed by atoms with Crippen LogP contribution in [0.15, 0.2) is 35.7 Å². The number of amidine groups is 1. The average Bonchev–Trinajstić information content (AvgIpc) is 2.55. The molecule has 7 heteroatoms. The second-order valence-corrected chi connectivity index (χ2v) is 7.90. The lowest BCUT2D eigenvalue weighted by atomic mass is 9.83. The minimum atomic E-state index is -0.915. The van der Waals surface area contributed by atoms with E-state index in [-0.39, 0.29) is 11.7 Å². The number of aryl methyl sites for hydroxylation is 1. The fraction of sp³-hybridized carbons (Fsp3) is 0.400. The summed E-state index contributed by atoms with van der Waals surface area (Å²) in [6.07, 6.45) is 2.78. The second kappa shape index (κ2) is 6.72. The summed E-state index contributed by atoms with van der Waals surface area (Å²) in [6.45, 7) is 9.05. The van der Waals surface area contributed by atoms with Gasteiger partial charge in [0.05, 0.1) is 16.8 Å². The first-order valence-electron chi connectivity index (χ1n) is 8.73. The number of ether oxygens (including phenoxy) is 1. The minimum Gasteiger partial charge on any atom is -0.444 e. The zero-order chi connectivity index (χ0) is 19.8. The number of alkyl carbamates (subject to hydrolysis) is 1. The van der Waals surface area contributed by atoms with Crippen LogP contribution in [-0.2, 0) is 16.7 Å². The molecule has 0 unspecified atom stereocenters. The molecule has 3 rings (SSSR count). The zero-order valence-electron chi connectivity index (χ0n) is 16.1. The van der Waals surface area contributed by atoms with Gasteiger partial charge in [0.2, 0.25) is 0 Å². The summed E-state index contributed by atoms with van der Waals surface area (Å²) in [6, 6.07) is 4.92. The Hall–Kier alpha value is -2.83. The van der Waals surface area contributed by atoms with E-state index in [0.717, 1.165) is 5.56 Å². The zero-order valence-corrected chi connectivity index (χ0v) is 16.1. The fourth-order valence-corrected chi connectivity index (χ4v) is 3.07. The third-order valence-corrected chi connectivity index (χ3v) is 4.24. The van der Waals surface area contributed by atoms with E-state index in [2.05, 4.69) is 20.3 Å². The number of benzene rings is 1. The van der Waals surface area contributed by atoms with Crippen LogP contribution in [0.3, 0.4) is 0 Å². The highest BCUT2D eigenvalue weighted by atomic mass is 19.1. The number of fused-ring (bicyclic) bond motifs is 1. The molecule has 0 fully saturated rings. The molecule has 0 spiro atoms. The standard InChI is InChI=1S/C20H23FN4O2/c1-12-6-7-15(21)14(8-12)20(5)9-16-13(10-22-11-23-16)17(25-20)24-18(26)27-19(2,3)4/h6-8,10-11H,9H2,1-5H3,(H,24,25,26)/t20-/m0/s1. The van der Waals surface area contributed by atoms with E-state index in [4.69, 9.17) is 4.74 Å². The van der Waals surface area contributed by atoms with Crippen LogP contribution in [0.5, 0.6) is 0 Å². The molecule has 2 heterocycles. The molecule has 0 saturated carbocycles. The van der Waals surface area contributed by atoms with Crippen molar-refractivity contribution in [1.82, 2.24) is 15.3 Å². The average molecular weight is 370 g/mol. The highest BCUT2D eigenvalue weighted by Gasteiger charge is 2.36. The Kier molecular flexibility index (Phi) is 4.71. The van der Waals surface area contributed by atoms with Gasteiger partial charge >= 0.3 is 6.09 Å². The third-order valence-electron chi connectivity index (χ3n) is 4.24. The molecule has 1 aliphatic heterocycles. The summed E-state index contributed by atoms with van der Waals surface area (Å²) in [5.74, 6) is -0.0736. The van der Waals surface area contributed by atoms with Gasteiger partial charge in [-0.1, -0.05) is 17.7 Å². The van der Waals surface area contributed by atoms with Gasteiger partial charge in [0.1, 0.15) is 23.6 Å². The molecule has 27 heavy (non-hydrogen) atoms. The minimum absolute atomic E-state index is 0.273. The Balaban J connectivity index is 2.05. The van der Waals surface area contributed by atoms with E-state index in [1.165, 1.54) is 12.4 Å². The van der Waals surface area contributed by atoms with Gasteiger partial charge in [-0.2, -0.15) is 0 Å². The number of aliphatic imine (C=N–C) groups is 1. The van der Waals surface area contributed by atoms with Gasteiger partial charge in [-0.25, -0.2) is 19.2 Å². The first-order chi connectivity index (χ1) is 12.6. The number of halogens is 1. The Morgan fingerprint density at radius 2 is 2.07 bits per heavy atom. The van der Waals surface area contributed by atoms with Crippen molar-refractivity contribution >= 4 is 11.9 Å². The van der Waals surface area contributed by atoms with E-state index < -0.39 is 17.2 Å². The van der Waals surface area contributed by atoms with Crippen molar-refractivity contribution in [3.05, 3.63) is 58.9 Å². The van der Waals surface area contributed by atoms with Gasteiger partial charge in [0, 0.05) is 18.2 Å². The molecule has 1 N–H and O–H groups in total. The molecular formula is C20H23FN4O2. The maximum Gasteiger partial charge on any atom is 0.413 e. The Labute approximate surface area is 157 Å².